The van der Waals surface area contributed by atoms with Crippen molar-refractivity contribution in [3.8, 4) is 0 Å². The minimum atomic E-state index is -0.403. The Bertz CT molecular complexity index is 506. The molecule has 1 unspecified atom stereocenters. The lowest BCUT2D eigenvalue weighted by Crippen LogP contribution is -2.41. The average molecular weight is 278 g/mol. The second-order valence-electron chi connectivity index (χ2n) is 4.99. The summed E-state index contributed by atoms with van der Waals surface area (Å²) in [5.41, 5.74) is 0.0349. The van der Waals surface area contributed by atoms with Gasteiger partial charge in [-0.1, -0.05) is 0 Å². The Balaban J connectivity index is 2.09. The molecule has 7 nitrogen and oxygen atoms in total. The molecule has 1 amide bonds. The maximum atomic E-state index is 11.0. The molecule has 1 atom stereocenters. The number of hydrogen-bond donors (Lipinski definition) is 1. The minimum Gasteiger partial charge on any atom is -0.356 e. The fourth-order valence-corrected chi connectivity index (χ4v) is 2.49. The molecule has 0 aromatic carbocycles. The van der Waals surface area contributed by atoms with Crippen LogP contribution >= 0.6 is 0 Å². The number of aromatic nitrogens is 1. The fourth-order valence-electron chi connectivity index (χ4n) is 2.49. The zero-order valence-corrected chi connectivity index (χ0v) is 11.4. The van der Waals surface area contributed by atoms with Crippen LogP contribution in [0.3, 0.4) is 0 Å². The first-order chi connectivity index (χ1) is 9.58. The average Bonchev–Trinajstić information content (AvgIpc) is 2.45. The van der Waals surface area contributed by atoms with Gasteiger partial charge in [0.25, 0.3) is 0 Å². The van der Waals surface area contributed by atoms with Crippen LogP contribution in [0.1, 0.15) is 19.8 Å². The molecule has 2 rings (SSSR count). The maximum absolute atomic E-state index is 11.0. The van der Waals surface area contributed by atoms with E-state index in [0.717, 1.165) is 19.4 Å². The van der Waals surface area contributed by atoms with Crippen LogP contribution in [-0.2, 0) is 4.79 Å². The summed E-state index contributed by atoms with van der Waals surface area (Å²) in [6.45, 7) is 3.53. The molecule has 1 aliphatic heterocycles. The van der Waals surface area contributed by atoms with Crippen molar-refractivity contribution in [2.75, 3.05) is 24.5 Å². The molecule has 1 saturated heterocycles. The molecule has 1 aliphatic rings. The Morgan fingerprint density at radius 3 is 3.15 bits per heavy atom. The molecule has 1 N–H and O–H groups in total. The molecule has 0 spiro atoms. The molecule has 20 heavy (non-hydrogen) atoms. The van der Waals surface area contributed by atoms with E-state index in [9.17, 15) is 14.9 Å². The largest absolute Gasteiger partial charge is 0.356 e. The number of hydrogen-bond acceptors (Lipinski definition) is 5. The monoisotopic (exact) mass is 278 g/mol. The van der Waals surface area contributed by atoms with E-state index in [0.29, 0.717) is 24.8 Å². The first-order valence-electron chi connectivity index (χ1n) is 6.66. The van der Waals surface area contributed by atoms with Gasteiger partial charge in [-0.15, -0.1) is 0 Å². The van der Waals surface area contributed by atoms with Gasteiger partial charge in [-0.3, -0.25) is 14.9 Å². The highest BCUT2D eigenvalue weighted by atomic mass is 16.6. The number of nitrogens with one attached hydrogen (secondary N) is 1. The van der Waals surface area contributed by atoms with Crippen LogP contribution in [0.5, 0.6) is 0 Å². The molecular formula is C13H18N4O3. The van der Waals surface area contributed by atoms with E-state index in [2.05, 4.69) is 10.3 Å². The first-order valence-corrected chi connectivity index (χ1v) is 6.66. The normalized spacial score (nSPS) is 18.6. The lowest BCUT2D eigenvalue weighted by molar-refractivity contribution is -0.384. The first kappa shape index (κ1) is 14.2. The molecular weight excluding hydrogens is 260 g/mol. The second-order valence-corrected chi connectivity index (χ2v) is 4.99. The van der Waals surface area contributed by atoms with E-state index in [-0.39, 0.29) is 11.6 Å². The number of nitro groups is 1. The van der Waals surface area contributed by atoms with Crippen molar-refractivity contribution in [3.63, 3.8) is 0 Å². The smallest absolute Gasteiger partial charge is 0.311 e. The molecule has 0 saturated carbocycles. The molecule has 108 valence electrons. The Labute approximate surface area is 117 Å². The summed E-state index contributed by atoms with van der Waals surface area (Å²) in [6.07, 6.45) is 3.52. The molecule has 0 aliphatic carbocycles. The second kappa shape index (κ2) is 6.31. The van der Waals surface area contributed by atoms with Crippen LogP contribution in [0.4, 0.5) is 11.5 Å². The van der Waals surface area contributed by atoms with Gasteiger partial charge >= 0.3 is 5.69 Å². The fraction of sp³-hybridized carbons (Fsp3) is 0.538. The van der Waals surface area contributed by atoms with Crippen molar-refractivity contribution >= 4 is 17.4 Å². The van der Waals surface area contributed by atoms with Gasteiger partial charge in [0.05, 0.1) is 4.92 Å². The molecule has 1 aromatic rings. The number of carbonyl (C=O) groups is 1. The van der Waals surface area contributed by atoms with Crippen LogP contribution in [0.25, 0.3) is 0 Å². The highest BCUT2D eigenvalue weighted by Gasteiger charge is 2.26. The SMILES string of the molecule is CC(=O)NCC1CCCN(c2ncccc2[N+](=O)[O-])C1. The predicted octanol–water partition coefficient (Wildman–Crippen LogP) is 1.34. The number of nitrogens with zero attached hydrogens (tertiary/aromatic N) is 3. The summed E-state index contributed by atoms with van der Waals surface area (Å²) in [6, 6.07) is 3.04. The molecule has 0 radical (unpaired) electrons. The van der Waals surface area contributed by atoms with Crippen molar-refractivity contribution in [3.05, 3.63) is 28.4 Å². The van der Waals surface area contributed by atoms with Gasteiger partial charge < -0.3 is 10.2 Å². The van der Waals surface area contributed by atoms with Gasteiger partial charge in [-0.05, 0) is 24.8 Å². The van der Waals surface area contributed by atoms with E-state index in [1.54, 1.807) is 12.3 Å². The van der Waals surface area contributed by atoms with Gasteiger partial charge in [0, 0.05) is 38.8 Å². The van der Waals surface area contributed by atoms with Gasteiger partial charge in [-0.25, -0.2) is 4.98 Å². The highest BCUT2D eigenvalue weighted by Crippen LogP contribution is 2.28. The molecule has 0 bridgehead atoms. The summed E-state index contributed by atoms with van der Waals surface area (Å²) in [4.78, 5) is 27.7. The van der Waals surface area contributed by atoms with Gasteiger partial charge in [0.1, 0.15) is 0 Å². The summed E-state index contributed by atoms with van der Waals surface area (Å²) >= 11 is 0. The maximum Gasteiger partial charge on any atom is 0.311 e. The zero-order chi connectivity index (χ0) is 14.5. The molecule has 1 aromatic heterocycles. The Kier molecular flexibility index (Phi) is 4.49. The Hall–Kier alpha value is -2.18. The Morgan fingerprint density at radius 1 is 1.65 bits per heavy atom. The van der Waals surface area contributed by atoms with Crippen LogP contribution < -0.4 is 10.2 Å². The summed E-state index contributed by atoms with van der Waals surface area (Å²) < 4.78 is 0. The third kappa shape index (κ3) is 3.43. The van der Waals surface area contributed by atoms with E-state index in [1.165, 1.54) is 13.0 Å². The summed E-state index contributed by atoms with van der Waals surface area (Å²) in [7, 11) is 0. The lowest BCUT2D eigenvalue weighted by Gasteiger charge is -2.33. The quantitative estimate of drug-likeness (QED) is 0.663. The molecule has 1 fully saturated rings. The van der Waals surface area contributed by atoms with E-state index in [4.69, 9.17) is 0 Å². The van der Waals surface area contributed by atoms with E-state index >= 15 is 0 Å². The zero-order valence-electron chi connectivity index (χ0n) is 11.4. The topological polar surface area (TPSA) is 88.4 Å². The minimum absolute atomic E-state index is 0.0349. The highest BCUT2D eigenvalue weighted by molar-refractivity contribution is 5.72. The van der Waals surface area contributed by atoms with Gasteiger partial charge in [0.15, 0.2) is 0 Å². The summed E-state index contributed by atoms with van der Waals surface area (Å²) in [5, 5.41) is 13.8. The van der Waals surface area contributed by atoms with Crippen molar-refractivity contribution in [1.29, 1.82) is 0 Å². The third-order valence-corrected chi connectivity index (χ3v) is 3.42. The van der Waals surface area contributed by atoms with Gasteiger partial charge in [0.2, 0.25) is 11.7 Å². The Morgan fingerprint density at radius 2 is 2.45 bits per heavy atom. The number of rotatable bonds is 4. The summed E-state index contributed by atoms with van der Waals surface area (Å²) in [5.74, 6) is 0.672. The van der Waals surface area contributed by atoms with Crippen LogP contribution in [-0.4, -0.2) is 35.4 Å². The number of amides is 1. The van der Waals surface area contributed by atoms with Crippen LogP contribution in [0, 0.1) is 16.0 Å². The van der Waals surface area contributed by atoms with Gasteiger partial charge in [-0.2, -0.15) is 0 Å². The molecule has 2 heterocycles. The van der Waals surface area contributed by atoms with E-state index in [1.807, 2.05) is 4.90 Å². The van der Waals surface area contributed by atoms with Crippen LogP contribution in [0.15, 0.2) is 18.3 Å². The van der Waals surface area contributed by atoms with Crippen molar-refractivity contribution in [2.24, 2.45) is 5.92 Å². The predicted molar refractivity (Wildman–Crippen MR) is 74.5 cm³/mol. The molecule has 7 heteroatoms. The van der Waals surface area contributed by atoms with E-state index < -0.39 is 4.92 Å². The van der Waals surface area contributed by atoms with Crippen LogP contribution in [0.2, 0.25) is 0 Å². The number of anilines is 1. The standard InChI is InChI=1S/C13H18N4O3/c1-10(18)15-8-11-4-3-7-16(9-11)13-12(17(19)20)5-2-6-14-13/h2,5-6,11H,3-4,7-9H2,1H3,(H,15,18). The van der Waals surface area contributed by atoms with Crippen molar-refractivity contribution < 1.29 is 9.72 Å². The number of piperidine rings is 1. The lowest BCUT2D eigenvalue weighted by atomic mass is 9.98. The third-order valence-electron chi connectivity index (χ3n) is 3.42. The number of carbonyl (C=O) groups excluding carboxylic acids is 1. The van der Waals surface area contributed by atoms with Crippen molar-refractivity contribution in [1.82, 2.24) is 10.3 Å². The van der Waals surface area contributed by atoms with Crippen molar-refractivity contribution in [2.45, 2.75) is 19.8 Å². The number of pyridine rings is 1.